The first-order chi connectivity index (χ1) is 12.3. The van der Waals surface area contributed by atoms with Gasteiger partial charge in [0, 0.05) is 13.0 Å². The van der Waals surface area contributed by atoms with Gasteiger partial charge < -0.3 is 20.1 Å². The fraction of sp³-hybridized carbons (Fsp3) is 0.211. The molecule has 0 saturated carbocycles. The molecular weight excluding hydrogens is 340 g/mol. The fourth-order valence-electron chi connectivity index (χ4n) is 2.67. The van der Waals surface area contributed by atoms with E-state index in [1.807, 2.05) is 0 Å². The predicted octanol–water partition coefficient (Wildman–Crippen LogP) is 2.54. The molecule has 2 aromatic carbocycles. The van der Waals surface area contributed by atoms with E-state index in [2.05, 4.69) is 0 Å². The normalized spacial score (nSPS) is 11.1. The van der Waals surface area contributed by atoms with Crippen molar-refractivity contribution in [3.8, 4) is 11.1 Å². The highest BCUT2D eigenvalue weighted by Crippen LogP contribution is 2.26. The molecule has 0 aliphatic rings. The summed E-state index contributed by atoms with van der Waals surface area (Å²) in [5.41, 5.74) is -0.645. The first-order valence-electron chi connectivity index (χ1n) is 7.84. The van der Waals surface area contributed by atoms with Gasteiger partial charge in [0.05, 0.1) is 5.56 Å². The molecule has 7 heteroatoms. The molecule has 0 aliphatic heterocycles. The minimum atomic E-state index is -2.37. The Hall–Kier alpha value is -3.19. The Morgan fingerprint density at radius 2 is 1.50 bits per heavy atom. The molecule has 0 radical (unpaired) electrons. The van der Waals surface area contributed by atoms with E-state index in [1.165, 1.54) is 13.0 Å². The number of carboxylic acids is 3. The molecule has 2 rings (SSSR count). The monoisotopic (exact) mass is 358 g/mol. The standard InChI is InChI=1S/C19H18O7/c1-2-26-19(17(22)23,18(24)25)11-12-7-9-13(10-8-12)14-5-3-4-6-15(14)16(20)21/h3-10H,2,11H2,1H3,(H,20,21)(H,22,23)(H,24,25). The predicted molar refractivity (Wildman–Crippen MR) is 92.2 cm³/mol. The second kappa shape index (κ2) is 7.79. The lowest BCUT2D eigenvalue weighted by molar-refractivity contribution is -0.182. The first kappa shape index (κ1) is 19.1. The van der Waals surface area contributed by atoms with Gasteiger partial charge in [-0.05, 0) is 29.7 Å². The first-order valence-corrected chi connectivity index (χ1v) is 7.84. The van der Waals surface area contributed by atoms with Crippen LogP contribution in [0.25, 0.3) is 11.1 Å². The third-order valence-corrected chi connectivity index (χ3v) is 3.96. The summed E-state index contributed by atoms with van der Waals surface area (Å²) < 4.78 is 5.05. The summed E-state index contributed by atoms with van der Waals surface area (Å²) in [4.78, 5) is 34.3. The summed E-state index contributed by atoms with van der Waals surface area (Å²) in [6.07, 6.45) is -0.355. The van der Waals surface area contributed by atoms with E-state index in [1.54, 1.807) is 42.5 Å². The minimum absolute atomic E-state index is 0.0668. The van der Waals surface area contributed by atoms with Gasteiger partial charge in [0.1, 0.15) is 0 Å². The largest absolute Gasteiger partial charge is 0.479 e. The summed E-state index contributed by atoms with van der Waals surface area (Å²) in [5, 5.41) is 28.0. The average Bonchev–Trinajstić information content (AvgIpc) is 2.61. The smallest absolute Gasteiger partial charge is 0.348 e. The average molecular weight is 358 g/mol. The molecule has 26 heavy (non-hydrogen) atoms. The summed E-state index contributed by atoms with van der Waals surface area (Å²) >= 11 is 0. The summed E-state index contributed by atoms with van der Waals surface area (Å²) in [7, 11) is 0. The molecule has 0 bridgehead atoms. The molecule has 7 nitrogen and oxygen atoms in total. The second-order valence-electron chi connectivity index (χ2n) is 5.59. The van der Waals surface area contributed by atoms with Crippen molar-refractivity contribution < 1.29 is 34.4 Å². The molecule has 0 spiro atoms. The van der Waals surface area contributed by atoms with Gasteiger partial charge in [0.2, 0.25) is 0 Å². The van der Waals surface area contributed by atoms with Gasteiger partial charge in [0.25, 0.3) is 5.60 Å². The van der Waals surface area contributed by atoms with Crippen LogP contribution in [-0.4, -0.2) is 45.4 Å². The van der Waals surface area contributed by atoms with Gasteiger partial charge in [0.15, 0.2) is 0 Å². The molecule has 0 aliphatic carbocycles. The zero-order valence-corrected chi connectivity index (χ0v) is 14.0. The van der Waals surface area contributed by atoms with Crippen molar-refractivity contribution in [1.29, 1.82) is 0 Å². The van der Waals surface area contributed by atoms with Crippen molar-refractivity contribution in [2.24, 2.45) is 0 Å². The van der Waals surface area contributed by atoms with E-state index in [-0.39, 0.29) is 18.6 Å². The van der Waals surface area contributed by atoms with Crippen molar-refractivity contribution in [2.75, 3.05) is 6.61 Å². The summed E-state index contributed by atoms with van der Waals surface area (Å²) in [6.45, 7) is 1.45. The molecule has 2 aromatic rings. The van der Waals surface area contributed by atoms with Gasteiger partial charge in [-0.3, -0.25) is 0 Å². The molecule has 0 atom stereocenters. The third-order valence-electron chi connectivity index (χ3n) is 3.96. The number of aromatic carboxylic acids is 1. The van der Waals surface area contributed by atoms with Crippen molar-refractivity contribution in [1.82, 2.24) is 0 Å². The van der Waals surface area contributed by atoms with Crippen LogP contribution in [0, 0.1) is 0 Å². The Morgan fingerprint density at radius 3 is 2.00 bits per heavy atom. The Bertz CT molecular complexity index is 810. The number of hydrogen-bond donors (Lipinski definition) is 3. The van der Waals surface area contributed by atoms with Crippen LogP contribution in [0.3, 0.4) is 0 Å². The van der Waals surface area contributed by atoms with Gasteiger partial charge >= 0.3 is 17.9 Å². The minimum Gasteiger partial charge on any atom is -0.479 e. The molecule has 3 N–H and O–H groups in total. The van der Waals surface area contributed by atoms with Crippen molar-refractivity contribution >= 4 is 17.9 Å². The topological polar surface area (TPSA) is 121 Å². The number of rotatable bonds is 8. The molecule has 0 heterocycles. The Labute approximate surface area is 149 Å². The molecule has 0 aromatic heterocycles. The maximum Gasteiger partial charge on any atom is 0.348 e. The molecule has 0 amide bonds. The zero-order chi connectivity index (χ0) is 19.3. The lowest BCUT2D eigenvalue weighted by Crippen LogP contribution is -2.51. The highest BCUT2D eigenvalue weighted by molar-refractivity contribution is 6.02. The van der Waals surface area contributed by atoms with Crippen LogP contribution < -0.4 is 0 Å². The number of ether oxygens (including phenoxy) is 1. The quantitative estimate of drug-likeness (QED) is 0.620. The molecule has 0 saturated heterocycles. The van der Waals surface area contributed by atoms with Crippen LogP contribution in [0.1, 0.15) is 22.8 Å². The highest BCUT2D eigenvalue weighted by atomic mass is 16.5. The van der Waals surface area contributed by atoms with E-state index < -0.39 is 23.5 Å². The van der Waals surface area contributed by atoms with E-state index in [0.717, 1.165) is 0 Å². The SMILES string of the molecule is CCOC(Cc1ccc(-c2ccccc2C(=O)O)cc1)(C(=O)O)C(=O)O. The van der Waals surface area contributed by atoms with Gasteiger partial charge in [-0.25, -0.2) is 14.4 Å². The molecule has 0 unspecified atom stereocenters. The zero-order valence-electron chi connectivity index (χ0n) is 14.0. The number of carboxylic acid groups (broad SMARTS) is 3. The number of hydrogen-bond acceptors (Lipinski definition) is 4. The molecule has 0 fully saturated rings. The van der Waals surface area contributed by atoms with Crippen LogP contribution in [0.15, 0.2) is 48.5 Å². The van der Waals surface area contributed by atoms with E-state index in [4.69, 9.17) is 4.74 Å². The van der Waals surface area contributed by atoms with Gasteiger partial charge in [-0.1, -0.05) is 42.5 Å². The Balaban J connectivity index is 2.37. The molecular formula is C19H18O7. The van der Waals surface area contributed by atoms with Crippen LogP contribution in [-0.2, 0) is 20.7 Å². The van der Waals surface area contributed by atoms with Crippen molar-refractivity contribution in [3.63, 3.8) is 0 Å². The maximum atomic E-state index is 11.5. The third kappa shape index (κ3) is 3.73. The van der Waals surface area contributed by atoms with E-state index in [0.29, 0.717) is 16.7 Å². The maximum absolute atomic E-state index is 11.5. The highest BCUT2D eigenvalue weighted by Gasteiger charge is 2.48. The Kier molecular flexibility index (Phi) is 5.74. The van der Waals surface area contributed by atoms with E-state index in [9.17, 15) is 29.7 Å². The number of carbonyl (C=O) groups is 3. The van der Waals surface area contributed by atoms with Crippen LogP contribution in [0.4, 0.5) is 0 Å². The van der Waals surface area contributed by atoms with Crippen LogP contribution in [0.5, 0.6) is 0 Å². The van der Waals surface area contributed by atoms with Crippen molar-refractivity contribution in [2.45, 2.75) is 18.9 Å². The lowest BCUT2D eigenvalue weighted by atomic mass is 9.92. The fourth-order valence-corrected chi connectivity index (χ4v) is 2.67. The second-order valence-corrected chi connectivity index (χ2v) is 5.59. The van der Waals surface area contributed by atoms with Crippen molar-refractivity contribution in [3.05, 3.63) is 59.7 Å². The number of benzene rings is 2. The van der Waals surface area contributed by atoms with Crippen LogP contribution >= 0.6 is 0 Å². The molecule has 136 valence electrons. The summed E-state index contributed by atoms with van der Waals surface area (Å²) in [5.74, 6) is -4.21. The van der Waals surface area contributed by atoms with E-state index >= 15 is 0 Å². The van der Waals surface area contributed by atoms with Gasteiger partial charge in [-0.2, -0.15) is 0 Å². The Morgan fingerprint density at radius 1 is 0.923 bits per heavy atom. The lowest BCUT2D eigenvalue weighted by Gasteiger charge is -2.24. The number of aliphatic carboxylic acids is 2. The van der Waals surface area contributed by atoms with Crippen LogP contribution in [0.2, 0.25) is 0 Å². The summed E-state index contributed by atoms with van der Waals surface area (Å²) in [6, 6.07) is 12.9. The van der Waals surface area contributed by atoms with Gasteiger partial charge in [-0.15, -0.1) is 0 Å².